The van der Waals surface area contributed by atoms with Crippen LogP contribution < -0.4 is 14.8 Å². The zero-order valence-corrected chi connectivity index (χ0v) is 22.9. The zero-order valence-electron chi connectivity index (χ0n) is 22.9. The minimum atomic E-state index is -1.12. The number of carbonyl (C=O) groups is 3. The number of likely N-dealkylation sites (tertiary alicyclic amines) is 1. The molecule has 1 saturated heterocycles. The summed E-state index contributed by atoms with van der Waals surface area (Å²) in [6, 6.07) is 8.89. The number of carboxylic acid groups (broad SMARTS) is 1. The number of amides is 2. The molecule has 39 heavy (non-hydrogen) atoms. The molecule has 2 aliphatic rings. The van der Waals surface area contributed by atoms with Crippen molar-refractivity contribution in [2.75, 3.05) is 13.7 Å². The molecule has 3 atom stereocenters. The largest absolute Gasteiger partial charge is 0.497 e. The number of nitrogens with one attached hydrogen (secondary N) is 1. The van der Waals surface area contributed by atoms with Crippen molar-refractivity contribution < 1.29 is 33.7 Å². The van der Waals surface area contributed by atoms with Gasteiger partial charge in [-0.2, -0.15) is 0 Å². The van der Waals surface area contributed by atoms with Crippen LogP contribution in [0.25, 0.3) is 11.3 Å². The van der Waals surface area contributed by atoms with Crippen LogP contribution in [0.4, 0.5) is 4.79 Å². The van der Waals surface area contributed by atoms with Crippen LogP contribution in [0.3, 0.4) is 0 Å². The van der Waals surface area contributed by atoms with Gasteiger partial charge in [-0.05, 0) is 61.4 Å². The minimum absolute atomic E-state index is 0.0714. The molecule has 2 aromatic rings. The molecule has 2 N–H and O–H groups in total. The van der Waals surface area contributed by atoms with E-state index in [-0.39, 0.29) is 19.1 Å². The van der Waals surface area contributed by atoms with Gasteiger partial charge in [0.15, 0.2) is 0 Å². The third kappa shape index (κ3) is 6.99. The quantitative estimate of drug-likeness (QED) is 0.509. The van der Waals surface area contributed by atoms with Crippen LogP contribution in [0, 0.1) is 5.41 Å². The molecule has 2 amide bonds. The Balaban J connectivity index is 1.47. The first-order chi connectivity index (χ1) is 18.5. The van der Waals surface area contributed by atoms with Crippen molar-refractivity contribution in [3.05, 3.63) is 42.6 Å². The normalized spacial score (nSPS) is 20.4. The summed E-state index contributed by atoms with van der Waals surface area (Å²) in [5.41, 5.74) is 0.886. The highest BCUT2D eigenvalue weighted by molar-refractivity contribution is 5.90. The van der Waals surface area contributed by atoms with Gasteiger partial charge in [0.05, 0.1) is 19.3 Å². The Labute approximate surface area is 228 Å². The number of nitrogens with zero attached hydrogens (tertiary/aromatic N) is 2. The summed E-state index contributed by atoms with van der Waals surface area (Å²) in [6.45, 7) is 5.54. The second-order valence-electron chi connectivity index (χ2n) is 11.2. The highest BCUT2D eigenvalue weighted by Gasteiger charge is 2.46. The maximum Gasteiger partial charge on any atom is 0.408 e. The molecule has 0 unspecified atom stereocenters. The van der Waals surface area contributed by atoms with Crippen LogP contribution >= 0.6 is 0 Å². The van der Waals surface area contributed by atoms with Crippen molar-refractivity contribution in [1.29, 1.82) is 0 Å². The Morgan fingerprint density at radius 1 is 1.05 bits per heavy atom. The van der Waals surface area contributed by atoms with E-state index in [1.54, 1.807) is 25.4 Å². The number of methoxy groups -OCH3 is 1. The summed E-state index contributed by atoms with van der Waals surface area (Å²) >= 11 is 0. The first-order valence-corrected chi connectivity index (χ1v) is 13.3. The van der Waals surface area contributed by atoms with Crippen molar-refractivity contribution in [2.24, 2.45) is 5.41 Å². The number of alkyl carbamates (subject to hydrolysis) is 1. The Morgan fingerprint density at radius 2 is 1.74 bits per heavy atom. The van der Waals surface area contributed by atoms with E-state index in [0.717, 1.165) is 37.0 Å². The van der Waals surface area contributed by atoms with Crippen molar-refractivity contribution >= 4 is 18.0 Å². The lowest BCUT2D eigenvalue weighted by atomic mass is 9.85. The smallest absolute Gasteiger partial charge is 0.408 e. The maximum atomic E-state index is 13.7. The maximum absolute atomic E-state index is 13.7. The molecule has 10 nitrogen and oxygen atoms in total. The van der Waals surface area contributed by atoms with E-state index in [1.807, 2.05) is 45.0 Å². The summed E-state index contributed by atoms with van der Waals surface area (Å²) in [4.78, 5) is 44.2. The van der Waals surface area contributed by atoms with Crippen LogP contribution in [0.2, 0.25) is 0 Å². The SMILES string of the molecule is COc1ccc(-c2cc(O[C@@H]3C[C@@H](C(=O)O)N(C(=O)[C@@H](NC(=O)OC4CCCC4)C(C)(C)C)C3)ccn2)cc1. The first-order valence-electron chi connectivity index (χ1n) is 13.3. The second-order valence-corrected chi connectivity index (χ2v) is 11.2. The van der Waals surface area contributed by atoms with Gasteiger partial charge in [0, 0.05) is 24.2 Å². The molecule has 0 bridgehead atoms. The average molecular weight is 540 g/mol. The van der Waals surface area contributed by atoms with Crippen molar-refractivity contribution in [3.63, 3.8) is 0 Å². The fraction of sp³-hybridized carbons (Fsp3) is 0.517. The second kappa shape index (κ2) is 11.9. The van der Waals surface area contributed by atoms with Gasteiger partial charge in [-0.25, -0.2) is 9.59 Å². The Kier molecular flexibility index (Phi) is 8.62. The summed E-state index contributed by atoms with van der Waals surface area (Å²) in [7, 11) is 1.60. The molecule has 1 aliphatic heterocycles. The van der Waals surface area contributed by atoms with Gasteiger partial charge < -0.3 is 29.5 Å². The van der Waals surface area contributed by atoms with Crippen LogP contribution in [0.5, 0.6) is 11.5 Å². The predicted molar refractivity (Wildman–Crippen MR) is 144 cm³/mol. The van der Waals surface area contributed by atoms with Gasteiger partial charge >= 0.3 is 12.1 Å². The highest BCUT2D eigenvalue weighted by atomic mass is 16.6. The molecule has 2 heterocycles. The van der Waals surface area contributed by atoms with E-state index >= 15 is 0 Å². The molecule has 10 heteroatoms. The van der Waals surface area contributed by atoms with E-state index in [1.165, 1.54) is 4.90 Å². The van der Waals surface area contributed by atoms with Crippen molar-refractivity contribution in [1.82, 2.24) is 15.2 Å². The zero-order chi connectivity index (χ0) is 28.2. The lowest BCUT2D eigenvalue weighted by Crippen LogP contribution is -2.57. The third-order valence-corrected chi connectivity index (χ3v) is 7.20. The van der Waals surface area contributed by atoms with Gasteiger partial charge in [-0.3, -0.25) is 9.78 Å². The Morgan fingerprint density at radius 3 is 2.36 bits per heavy atom. The van der Waals surface area contributed by atoms with Crippen molar-refractivity contribution in [2.45, 2.75) is 77.2 Å². The van der Waals surface area contributed by atoms with Crippen molar-refractivity contribution in [3.8, 4) is 22.8 Å². The molecule has 1 aromatic carbocycles. The summed E-state index contributed by atoms with van der Waals surface area (Å²) in [5.74, 6) is -0.344. The van der Waals surface area contributed by atoms with Crippen LogP contribution in [0.15, 0.2) is 42.6 Å². The first kappa shape index (κ1) is 28.2. The topological polar surface area (TPSA) is 127 Å². The molecule has 2 fully saturated rings. The lowest BCUT2D eigenvalue weighted by Gasteiger charge is -2.34. The Hall–Kier alpha value is -3.82. The van der Waals surface area contributed by atoms with Crippen LogP contribution in [0.1, 0.15) is 52.9 Å². The van der Waals surface area contributed by atoms with E-state index in [0.29, 0.717) is 11.4 Å². The third-order valence-electron chi connectivity index (χ3n) is 7.20. The van der Waals surface area contributed by atoms with E-state index < -0.39 is 41.6 Å². The number of carboxylic acids is 1. The Bertz CT molecular complexity index is 1170. The minimum Gasteiger partial charge on any atom is -0.497 e. The lowest BCUT2D eigenvalue weighted by molar-refractivity contribution is -0.150. The molecule has 4 rings (SSSR count). The van der Waals surface area contributed by atoms with Gasteiger partial charge in [-0.15, -0.1) is 0 Å². The van der Waals surface area contributed by atoms with Gasteiger partial charge in [0.1, 0.15) is 35.8 Å². The number of rotatable bonds is 8. The molecule has 0 radical (unpaired) electrons. The summed E-state index contributed by atoms with van der Waals surface area (Å²) < 4.78 is 16.9. The summed E-state index contributed by atoms with van der Waals surface area (Å²) in [6.07, 6.45) is 4.01. The molecular weight excluding hydrogens is 502 g/mol. The van der Waals surface area contributed by atoms with E-state index in [9.17, 15) is 19.5 Å². The number of benzene rings is 1. The standard InChI is InChI=1S/C29H37N3O7/c1-29(2,3)25(31-28(36)39-20-7-5-6-8-20)26(33)32-17-22(16-24(32)27(34)35)38-21-13-14-30-23(15-21)18-9-11-19(37-4)12-10-18/h9-15,20,22,24-25H,5-8,16-17H2,1-4H3,(H,31,36)(H,34,35)/t22-,24+,25-/m1/s1. The van der Waals surface area contributed by atoms with Gasteiger partial charge in [-0.1, -0.05) is 20.8 Å². The number of aromatic nitrogens is 1. The molecule has 210 valence electrons. The number of aliphatic carboxylic acids is 1. The fourth-order valence-electron chi connectivity index (χ4n) is 5.08. The predicted octanol–water partition coefficient (Wildman–Crippen LogP) is 4.27. The molecule has 0 spiro atoms. The molecular formula is C29H37N3O7. The number of ether oxygens (including phenoxy) is 3. The molecule has 1 aromatic heterocycles. The fourth-order valence-corrected chi connectivity index (χ4v) is 5.08. The monoisotopic (exact) mass is 539 g/mol. The average Bonchev–Trinajstić information content (AvgIpc) is 3.57. The number of pyridine rings is 1. The van der Waals surface area contributed by atoms with Gasteiger partial charge in [0.25, 0.3) is 0 Å². The van der Waals surface area contributed by atoms with Crippen LogP contribution in [-0.2, 0) is 14.3 Å². The number of hydrogen-bond donors (Lipinski definition) is 2. The number of hydrogen-bond acceptors (Lipinski definition) is 7. The van der Waals surface area contributed by atoms with E-state index in [2.05, 4.69) is 10.3 Å². The van der Waals surface area contributed by atoms with E-state index in [4.69, 9.17) is 14.2 Å². The summed E-state index contributed by atoms with van der Waals surface area (Å²) in [5, 5.41) is 12.6. The number of carbonyl (C=O) groups excluding carboxylic acids is 2. The van der Waals surface area contributed by atoms with Crippen LogP contribution in [-0.4, -0.2) is 70.9 Å². The van der Waals surface area contributed by atoms with Gasteiger partial charge in [0.2, 0.25) is 5.91 Å². The molecule has 1 aliphatic carbocycles. The molecule has 1 saturated carbocycles. The highest BCUT2D eigenvalue weighted by Crippen LogP contribution is 2.30.